The number of rotatable bonds is 6. The van der Waals surface area contributed by atoms with Crippen molar-refractivity contribution < 1.29 is 9.53 Å². The number of hydrogen-bond donors (Lipinski definition) is 1. The molecule has 0 unspecified atom stereocenters. The number of benzene rings is 1. The van der Waals surface area contributed by atoms with E-state index in [4.69, 9.17) is 10.00 Å². The second-order valence-corrected chi connectivity index (χ2v) is 4.57. The van der Waals surface area contributed by atoms with Gasteiger partial charge in [0, 0.05) is 18.6 Å². The molecule has 1 rings (SSSR count). The predicted molar refractivity (Wildman–Crippen MR) is 76.7 cm³/mol. The molecule has 0 radical (unpaired) electrons. The van der Waals surface area contributed by atoms with E-state index >= 15 is 0 Å². The van der Waals surface area contributed by atoms with Crippen LogP contribution in [0.25, 0.3) is 6.08 Å². The number of hydrogen-bond acceptors (Lipinski definition) is 4. The number of ether oxygens (including phenoxy) is 1. The molecule has 1 N–H and O–H groups in total. The van der Waals surface area contributed by atoms with E-state index < -0.39 is 0 Å². The Kier molecular flexibility index (Phi) is 6.72. The Labute approximate surface area is 117 Å². The highest BCUT2D eigenvalue weighted by atomic mass is 32.2. The predicted octanol–water partition coefficient (Wildman–Crippen LogP) is 2.08. The molecule has 1 aromatic rings. The summed E-state index contributed by atoms with van der Waals surface area (Å²) in [6, 6.07) is 9.58. The second kappa shape index (κ2) is 8.35. The van der Waals surface area contributed by atoms with Crippen molar-refractivity contribution in [2.75, 3.05) is 26.5 Å². The summed E-state index contributed by atoms with van der Waals surface area (Å²) in [6.45, 7) is 0.812. The van der Waals surface area contributed by atoms with Crippen molar-refractivity contribution in [3.05, 3.63) is 35.4 Å². The van der Waals surface area contributed by atoms with Gasteiger partial charge in [-0.1, -0.05) is 12.1 Å². The zero-order chi connectivity index (χ0) is 14.1. The summed E-state index contributed by atoms with van der Waals surface area (Å²) in [5.74, 6) is -0.381. The van der Waals surface area contributed by atoms with Crippen molar-refractivity contribution in [3.8, 4) is 6.07 Å². The molecule has 1 aromatic carbocycles. The number of methoxy groups -OCH3 is 1. The Morgan fingerprint density at radius 3 is 2.68 bits per heavy atom. The normalized spacial score (nSPS) is 10.9. The van der Waals surface area contributed by atoms with Crippen LogP contribution in [0.3, 0.4) is 0 Å². The summed E-state index contributed by atoms with van der Waals surface area (Å²) in [5, 5.41) is 11.6. The summed E-state index contributed by atoms with van der Waals surface area (Å²) in [7, 11) is 1.56. The first kappa shape index (κ1) is 15.3. The molecule has 0 aromatic heterocycles. The van der Waals surface area contributed by atoms with Gasteiger partial charge in [0.15, 0.2) is 0 Å². The Hall–Kier alpha value is -1.77. The monoisotopic (exact) mass is 276 g/mol. The molecule has 0 bridgehead atoms. The van der Waals surface area contributed by atoms with Gasteiger partial charge in [0.25, 0.3) is 5.91 Å². The number of nitriles is 1. The Morgan fingerprint density at radius 1 is 1.47 bits per heavy atom. The zero-order valence-electron chi connectivity index (χ0n) is 11.0. The first-order valence-electron chi connectivity index (χ1n) is 5.74. The first-order chi connectivity index (χ1) is 9.21. The van der Waals surface area contributed by atoms with Crippen molar-refractivity contribution in [2.45, 2.75) is 4.90 Å². The van der Waals surface area contributed by atoms with Crippen LogP contribution in [0, 0.1) is 11.3 Å². The lowest BCUT2D eigenvalue weighted by Crippen LogP contribution is -2.27. The van der Waals surface area contributed by atoms with Crippen LogP contribution in [0.2, 0.25) is 0 Å². The molecule has 0 fully saturated rings. The molecule has 5 heteroatoms. The van der Waals surface area contributed by atoms with Crippen molar-refractivity contribution in [1.29, 1.82) is 5.26 Å². The van der Waals surface area contributed by atoms with Gasteiger partial charge in [-0.2, -0.15) is 5.26 Å². The smallest absolute Gasteiger partial charge is 0.262 e. The molecule has 0 aliphatic carbocycles. The average Bonchev–Trinajstić information content (AvgIpc) is 2.45. The fourth-order valence-corrected chi connectivity index (χ4v) is 1.79. The van der Waals surface area contributed by atoms with Gasteiger partial charge in [0.05, 0.1) is 6.61 Å². The van der Waals surface area contributed by atoms with Gasteiger partial charge in [-0.25, -0.2) is 0 Å². The number of carbonyl (C=O) groups is 1. The minimum Gasteiger partial charge on any atom is -0.383 e. The van der Waals surface area contributed by atoms with Gasteiger partial charge in [-0.3, -0.25) is 4.79 Å². The Balaban J connectivity index is 2.75. The molecule has 4 nitrogen and oxygen atoms in total. The summed E-state index contributed by atoms with van der Waals surface area (Å²) in [6.07, 6.45) is 3.57. The molecule has 100 valence electrons. The first-order valence-corrected chi connectivity index (χ1v) is 6.96. The lowest BCUT2D eigenvalue weighted by atomic mass is 10.1. The highest BCUT2D eigenvalue weighted by Crippen LogP contribution is 2.16. The molecule has 0 saturated carbocycles. The minimum absolute atomic E-state index is 0.0907. The van der Waals surface area contributed by atoms with Crippen LogP contribution in [-0.2, 0) is 9.53 Å². The maximum atomic E-state index is 11.7. The van der Waals surface area contributed by atoms with Crippen LogP contribution in [-0.4, -0.2) is 32.4 Å². The molecule has 0 saturated heterocycles. The van der Waals surface area contributed by atoms with Crippen LogP contribution in [0.4, 0.5) is 0 Å². The SMILES string of the molecule is COCCNC(=O)/C(C#N)=C\c1ccc(SC)cc1. The third kappa shape index (κ3) is 5.16. The zero-order valence-corrected chi connectivity index (χ0v) is 11.8. The molecule has 0 aliphatic heterocycles. The minimum atomic E-state index is -0.381. The molecule has 0 spiro atoms. The average molecular weight is 276 g/mol. The molecule has 0 atom stereocenters. The van der Waals surface area contributed by atoms with Gasteiger partial charge in [0.1, 0.15) is 11.6 Å². The maximum absolute atomic E-state index is 11.7. The second-order valence-electron chi connectivity index (χ2n) is 3.69. The van der Waals surface area contributed by atoms with Gasteiger partial charge in [-0.15, -0.1) is 11.8 Å². The fraction of sp³-hybridized carbons (Fsp3) is 0.286. The van der Waals surface area contributed by atoms with Crippen LogP contribution in [0.15, 0.2) is 34.7 Å². The number of amides is 1. The Bertz CT molecular complexity index is 489. The van der Waals surface area contributed by atoms with E-state index in [-0.39, 0.29) is 11.5 Å². The van der Waals surface area contributed by atoms with Crippen LogP contribution < -0.4 is 5.32 Å². The van der Waals surface area contributed by atoms with E-state index in [1.807, 2.05) is 36.6 Å². The fourth-order valence-electron chi connectivity index (χ4n) is 1.38. The number of carbonyl (C=O) groups excluding carboxylic acids is 1. The molecular formula is C14H16N2O2S. The van der Waals surface area contributed by atoms with E-state index in [1.165, 1.54) is 0 Å². The quantitative estimate of drug-likeness (QED) is 0.374. The standard InChI is InChI=1S/C14H16N2O2S/c1-18-8-7-16-14(17)12(10-15)9-11-3-5-13(19-2)6-4-11/h3-6,9H,7-8H2,1-2H3,(H,16,17)/b12-9-. The summed E-state index contributed by atoms with van der Waals surface area (Å²) in [5.41, 5.74) is 0.921. The summed E-state index contributed by atoms with van der Waals surface area (Å²) in [4.78, 5) is 12.9. The van der Waals surface area contributed by atoms with E-state index in [2.05, 4.69) is 5.32 Å². The topological polar surface area (TPSA) is 62.1 Å². The number of thioether (sulfide) groups is 1. The third-order valence-electron chi connectivity index (χ3n) is 2.38. The largest absolute Gasteiger partial charge is 0.383 e. The van der Waals surface area contributed by atoms with E-state index in [0.717, 1.165) is 10.5 Å². The molecule has 1 amide bonds. The van der Waals surface area contributed by atoms with E-state index in [1.54, 1.807) is 24.9 Å². The van der Waals surface area contributed by atoms with Crippen LogP contribution in [0.5, 0.6) is 0 Å². The lowest BCUT2D eigenvalue weighted by Gasteiger charge is -2.03. The molecule has 0 aliphatic rings. The van der Waals surface area contributed by atoms with Gasteiger partial charge in [-0.05, 0) is 30.0 Å². The van der Waals surface area contributed by atoms with Crippen LogP contribution in [0.1, 0.15) is 5.56 Å². The molecule has 19 heavy (non-hydrogen) atoms. The van der Waals surface area contributed by atoms with E-state index in [9.17, 15) is 4.79 Å². The number of nitrogens with one attached hydrogen (secondary N) is 1. The van der Waals surface area contributed by atoms with Gasteiger partial charge < -0.3 is 10.1 Å². The Morgan fingerprint density at radius 2 is 2.16 bits per heavy atom. The van der Waals surface area contributed by atoms with Crippen molar-refractivity contribution in [3.63, 3.8) is 0 Å². The highest BCUT2D eigenvalue weighted by Gasteiger charge is 2.07. The van der Waals surface area contributed by atoms with Crippen LogP contribution >= 0.6 is 11.8 Å². The van der Waals surface area contributed by atoms with Gasteiger partial charge in [0.2, 0.25) is 0 Å². The third-order valence-corrected chi connectivity index (χ3v) is 3.13. The highest BCUT2D eigenvalue weighted by molar-refractivity contribution is 7.98. The molecular weight excluding hydrogens is 260 g/mol. The van der Waals surface area contributed by atoms with Gasteiger partial charge >= 0.3 is 0 Å². The van der Waals surface area contributed by atoms with E-state index in [0.29, 0.717) is 13.2 Å². The molecule has 0 heterocycles. The van der Waals surface area contributed by atoms with Crippen molar-refractivity contribution in [1.82, 2.24) is 5.32 Å². The van der Waals surface area contributed by atoms with Crippen molar-refractivity contribution in [2.24, 2.45) is 0 Å². The number of nitrogens with zero attached hydrogens (tertiary/aromatic N) is 1. The summed E-state index contributed by atoms with van der Waals surface area (Å²) >= 11 is 1.64. The maximum Gasteiger partial charge on any atom is 0.262 e. The van der Waals surface area contributed by atoms with Crippen molar-refractivity contribution >= 4 is 23.7 Å². The lowest BCUT2D eigenvalue weighted by molar-refractivity contribution is -0.117. The summed E-state index contributed by atoms with van der Waals surface area (Å²) < 4.78 is 4.83.